The maximum Gasteiger partial charge on any atom is 0.277 e. The van der Waals surface area contributed by atoms with Crippen LogP contribution in [0.15, 0.2) is 47.6 Å². The van der Waals surface area contributed by atoms with Gasteiger partial charge in [0.1, 0.15) is 18.1 Å². The van der Waals surface area contributed by atoms with Crippen LogP contribution in [0.4, 0.5) is 0 Å². The number of carboxylic acid groups (broad SMARTS) is 1. The number of hydrazone groups is 1. The molecule has 142 valence electrons. The zero-order valence-corrected chi connectivity index (χ0v) is 15.4. The number of carbonyl (C=O) groups is 2. The summed E-state index contributed by atoms with van der Waals surface area (Å²) in [6.45, 7) is 5.07. The Morgan fingerprint density at radius 1 is 0.963 bits per heavy atom. The van der Waals surface area contributed by atoms with Gasteiger partial charge in [0.25, 0.3) is 5.91 Å². The minimum absolute atomic E-state index is 0.144. The molecular formula is C20H21N2O5-. The molecule has 0 saturated heterocycles. The number of ether oxygens (including phenoxy) is 2. The fraction of sp³-hybridized carbons (Fsp3) is 0.250. The first kappa shape index (κ1) is 20.0. The predicted octanol–water partition coefficient (Wildman–Crippen LogP) is 1.35. The van der Waals surface area contributed by atoms with E-state index in [1.165, 1.54) is 0 Å². The number of aliphatic carboxylic acids is 1. The molecular weight excluding hydrogens is 348 g/mol. The van der Waals surface area contributed by atoms with Crippen LogP contribution in [-0.4, -0.2) is 30.8 Å². The Morgan fingerprint density at radius 2 is 1.59 bits per heavy atom. The zero-order valence-electron chi connectivity index (χ0n) is 15.4. The minimum Gasteiger partial charge on any atom is -0.546 e. The summed E-state index contributed by atoms with van der Waals surface area (Å²) in [7, 11) is 0. The Balaban J connectivity index is 1.85. The lowest BCUT2D eigenvalue weighted by molar-refractivity contribution is -0.307. The summed E-state index contributed by atoms with van der Waals surface area (Å²) in [6.07, 6.45) is 0. The van der Waals surface area contributed by atoms with Crippen LogP contribution in [0.3, 0.4) is 0 Å². The summed E-state index contributed by atoms with van der Waals surface area (Å²) in [4.78, 5) is 22.2. The minimum atomic E-state index is -1.29. The van der Waals surface area contributed by atoms with Crippen LogP contribution < -0.4 is 20.0 Å². The van der Waals surface area contributed by atoms with E-state index in [0.29, 0.717) is 17.2 Å². The largest absolute Gasteiger partial charge is 0.546 e. The average Bonchev–Trinajstić information content (AvgIpc) is 2.65. The van der Waals surface area contributed by atoms with E-state index in [1.807, 2.05) is 32.0 Å². The number of benzene rings is 2. The van der Waals surface area contributed by atoms with Crippen LogP contribution in [0.2, 0.25) is 0 Å². The van der Waals surface area contributed by atoms with Crippen LogP contribution in [0, 0.1) is 13.8 Å². The van der Waals surface area contributed by atoms with E-state index in [0.717, 1.165) is 16.7 Å². The topological polar surface area (TPSA) is 100 Å². The van der Waals surface area contributed by atoms with Crippen LogP contribution in [0.1, 0.15) is 23.6 Å². The van der Waals surface area contributed by atoms with Gasteiger partial charge in [-0.1, -0.05) is 6.07 Å². The average molecular weight is 369 g/mol. The molecule has 27 heavy (non-hydrogen) atoms. The Labute approximate surface area is 157 Å². The smallest absolute Gasteiger partial charge is 0.277 e. The number of hydrogen-bond donors (Lipinski definition) is 1. The number of amides is 1. The van der Waals surface area contributed by atoms with E-state index in [9.17, 15) is 14.7 Å². The Bertz CT molecular complexity index is 844. The molecule has 2 aromatic carbocycles. The Kier molecular flexibility index (Phi) is 6.93. The molecule has 0 spiro atoms. The van der Waals surface area contributed by atoms with Gasteiger partial charge in [-0.3, -0.25) is 4.79 Å². The molecule has 0 bridgehead atoms. The number of rotatable bonds is 8. The Morgan fingerprint density at radius 3 is 2.22 bits per heavy atom. The molecule has 0 unspecified atom stereocenters. The molecule has 0 aliphatic heterocycles. The zero-order chi connectivity index (χ0) is 19.8. The number of carboxylic acids is 1. The van der Waals surface area contributed by atoms with Gasteiger partial charge in [0.2, 0.25) is 0 Å². The van der Waals surface area contributed by atoms with Crippen molar-refractivity contribution in [3.8, 4) is 11.5 Å². The summed E-state index contributed by atoms with van der Waals surface area (Å²) in [5.74, 6) is -0.633. The number of nitrogens with one attached hydrogen (secondary N) is 1. The predicted molar refractivity (Wildman–Crippen MR) is 98.7 cm³/mol. The summed E-state index contributed by atoms with van der Waals surface area (Å²) in [6, 6.07) is 12.3. The van der Waals surface area contributed by atoms with Gasteiger partial charge >= 0.3 is 0 Å². The molecule has 0 heterocycles. The summed E-state index contributed by atoms with van der Waals surface area (Å²) in [5.41, 5.74) is 6.03. The van der Waals surface area contributed by atoms with Gasteiger partial charge in [0, 0.05) is 0 Å². The quantitative estimate of drug-likeness (QED) is 0.559. The highest BCUT2D eigenvalue weighted by Crippen LogP contribution is 2.16. The second kappa shape index (κ2) is 9.38. The lowest BCUT2D eigenvalue weighted by Crippen LogP contribution is -2.28. The molecule has 0 radical (unpaired) electrons. The highest BCUT2D eigenvalue weighted by atomic mass is 16.5. The van der Waals surface area contributed by atoms with Crippen LogP contribution >= 0.6 is 0 Å². The molecule has 0 fully saturated rings. The van der Waals surface area contributed by atoms with Crippen molar-refractivity contribution in [2.24, 2.45) is 5.10 Å². The van der Waals surface area contributed by atoms with Crippen molar-refractivity contribution in [2.45, 2.75) is 20.8 Å². The molecule has 7 nitrogen and oxygen atoms in total. The van der Waals surface area contributed by atoms with E-state index in [2.05, 4.69) is 10.5 Å². The van der Waals surface area contributed by atoms with Crippen molar-refractivity contribution < 1.29 is 24.2 Å². The molecule has 1 N–H and O–H groups in total. The second-order valence-corrected chi connectivity index (χ2v) is 5.95. The number of carbonyl (C=O) groups excluding carboxylic acids is 2. The van der Waals surface area contributed by atoms with Crippen LogP contribution in [-0.2, 0) is 9.59 Å². The van der Waals surface area contributed by atoms with Crippen molar-refractivity contribution in [3.05, 3.63) is 59.2 Å². The Hall–Kier alpha value is -3.35. The van der Waals surface area contributed by atoms with Gasteiger partial charge in [-0.05, 0) is 73.9 Å². The summed E-state index contributed by atoms with van der Waals surface area (Å²) < 4.78 is 10.5. The monoisotopic (exact) mass is 369 g/mol. The van der Waals surface area contributed by atoms with Crippen LogP contribution in [0.25, 0.3) is 0 Å². The van der Waals surface area contributed by atoms with Crippen molar-refractivity contribution >= 4 is 17.6 Å². The lowest BCUT2D eigenvalue weighted by Gasteiger charge is -2.09. The normalized spacial score (nSPS) is 11.0. The molecule has 7 heteroatoms. The van der Waals surface area contributed by atoms with Crippen molar-refractivity contribution in [1.29, 1.82) is 0 Å². The first-order valence-corrected chi connectivity index (χ1v) is 8.31. The van der Waals surface area contributed by atoms with Crippen LogP contribution in [0.5, 0.6) is 11.5 Å². The number of nitrogens with zero attached hydrogens (tertiary/aromatic N) is 1. The summed E-state index contributed by atoms with van der Waals surface area (Å²) >= 11 is 0. The maximum absolute atomic E-state index is 11.9. The third-order valence-electron chi connectivity index (χ3n) is 3.83. The number of hydrogen-bond acceptors (Lipinski definition) is 6. The van der Waals surface area contributed by atoms with Gasteiger partial charge in [0.05, 0.1) is 11.7 Å². The standard InChI is InChI=1S/C20H22N2O5/c1-13-4-7-18(10-14(13)2)26-11-19(23)22-21-15(3)16-5-8-17(9-6-16)27-12-20(24)25/h4-10H,11-12H2,1-3H3,(H,22,23)(H,24,25)/p-1/b21-15-. The lowest BCUT2D eigenvalue weighted by atomic mass is 10.1. The SMILES string of the molecule is C/C(=N/NC(=O)COc1ccc(C)c(C)c1)c1ccc(OCC(=O)[O-])cc1. The third-order valence-corrected chi connectivity index (χ3v) is 3.83. The molecule has 2 aromatic rings. The van der Waals surface area contributed by atoms with Gasteiger partial charge in [-0.25, -0.2) is 5.43 Å². The fourth-order valence-electron chi connectivity index (χ4n) is 2.13. The van der Waals surface area contributed by atoms with E-state index in [4.69, 9.17) is 9.47 Å². The maximum atomic E-state index is 11.9. The molecule has 1 amide bonds. The molecule has 0 saturated carbocycles. The molecule has 0 aliphatic carbocycles. The first-order valence-electron chi connectivity index (χ1n) is 8.31. The second-order valence-electron chi connectivity index (χ2n) is 5.95. The fourth-order valence-corrected chi connectivity index (χ4v) is 2.13. The van der Waals surface area contributed by atoms with Gasteiger partial charge in [-0.2, -0.15) is 5.10 Å². The first-order chi connectivity index (χ1) is 12.8. The van der Waals surface area contributed by atoms with Gasteiger partial charge in [-0.15, -0.1) is 0 Å². The van der Waals surface area contributed by atoms with Crippen molar-refractivity contribution in [3.63, 3.8) is 0 Å². The van der Waals surface area contributed by atoms with Crippen molar-refractivity contribution in [2.75, 3.05) is 13.2 Å². The van der Waals surface area contributed by atoms with E-state index < -0.39 is 12.6 Å². The van der Waals surface area contributed by atoms with E-state index in [1.54, 1.807) is 31.2 Å². The van der Waals surface area contributed by atoms with Gasteiger partial charge < -0.3 is 19.4 Å². The highest BCUT2D eigenvalue weighted by molar-refractivity contribution is 5.99. The number of aryl methyl sites for hydroxylation is 2. The molecule has 0 aliphatic rings. The molecule has 0 aromatic heterocycles. The highest BCUT2D eigenvalue weighted by Gasteiger charge is 2.04. The molecule has 0 atom stereocenters. The summed E-state index contributed by atoms with van der Waals surface area (Å²) in [5, 5.41) is 14.4. The van der Waals surface area contributed by atoms with Gasteiger partial charge in [0.15, 0.2) is 6.61 Å². The molecule has 2 rings (SSSR count). The third kappa shape index (κ3) is 6.47. The van der Waals surface area contributed by atoms with E-state index in [-0.39, 0.29) is 12.5 Å². The van der Waals surface area contributed by atoms with E-state index >= 15 is 0 Å². The van der Waals surface area contributed by atoms with Crippen molar-refractivity contribution in [1.82, 2.24) is 5.43 Å².